The molecule has 0 aliphatic carbocycles. The molecule has 10 nitrogen and oxygen atoms in total. The minimum Gasteiger partial charge on any atom is -0.475 e. The predicted octanol–water partition coefficient (Wildman–Crippen LogP) is 3.03. The average molecular weight is 499 g/mol. The number of sulfonamides is 1. The van der Waals surface area contributed by atoms with Gasteiger partial charge in [0.1, 0.15) is 12.4 Å². The summed E-state index contributed by atoms with van der Waals surface area (Å²) in [4.78, 5) is 11.7. The van der Waals surface area contributed by atoms with E-state index in [1.807, 2.05) is 6.92 Å². The number of carbonyl (C=O) groups is 1. The van der Waals surface area contributed by atoms with Crippen molar-refractivity contribution in [3.8, 4) is 17.3 Å². The molecule has 0 saturated heterocycles. The molecule has 0 spiro atoms. The minimum absolute atomic E-state index is 0.00400. The SMILES string of the molecule is CCCC(=O)Nc1ccc(S(=O)(=O)NCCOc2ccc3nnc(-c4cccc(F)c4)n3n2)cc1. The van der Waals surface area contributed by atoms with Crippen molar-refractivity contribution in [1.29, 1.82) is 0 Å². The number of fused-ring (bicyclic) bond motifs is 1. The molecule has 4 rings (SSSR count). The molecule has 0 fully saturated rings. The second kappa shape index (κ2) is 10.6. The number of nitrogens with zero attached hydrogens (tertiary/aromatic N) is 4. The maximum absolute atomic E-state index is 13.6. The molecule has 1 amide bonds. The number of aromatic nitrogens is 4. The number of nitrogens with one attached hydrogen (secondary N) is 2. The van der Waals surface area contributed by atoms with Crippen LogP contribution >= 0.6 is 0 Å². The van der Waals surface area contributed by atoms with Gasteiger partial charge in [0.25, 0.3) is 0 Å². The molecule has 4 aromatic rings. The minimum atomic E-state index is -3.77. The van der Waals surface area contributed by atoms with Crippen LogP contribution in [0.5, 0.6) is 5.88 Å². The van der Waals surface area contributed by atoms with Gasteiger partial charge in [0.2, 0.25) is 21.8 Å². The molecule has 2 aromatic carbocycles. The van der Waals surface area contributed by atoms with Gasteiger partial charge < -0.3 is 10.1 Å². The Kier molecular flexibility index (Phi) is 7.32. The fourth-order valence-corrected chi connectivity index (χ4v) is 4.25. The molecule has 12 heteroatoms. The summed E-state index contributed by atoms with van der Waals surface area (Å²) in [6.07, 6.45) is 1.12. The summed E-state index contributed by atoms with van der Waals surface area (Å²) in [5.74, 6) is 0.0378. The first-order valence-electron chi connectivity index (χ1n) is 10.9. The number of amides is 1. The molecule has 0 atom stereocenters. The van der Waals surface area contributed by atoms with Crippen LogP contribution in [0.25, 0.3) is 17.0 Å². The van der Waals surface area contributed by atoms with Crippen molar-refractivity contribution in [2.75, 3.05) is 18.5 Å². The number of ether oxygens (including phenoxy) is 1. The Bertz CT molecular complexity index is 1440. The first kappa shape index (κ1) is 24.2. The molecule has 35 heavy (non-hydrogen) atoms. The van der Waals surface area contributed by atoms with Gasteiger partial charge in [-0.25, -0.2) is 17.5 Å². The molecule has 0 aliphatic heterocycles. The summed E-state index contributed by atoms with van der Waals surface area (Å²) in [7, 11) is -3.77. The van der Waals surface area contributed by atoms with Crippen molar-refractivity contribution in [1.82, 2.24) is 24.5 Å². The van der Waals surface area contributed by atoms with Crippen LogP contribution in [0.3, 0.4) is 0 Å². The monoisotopic (exact) mass is 498 g/mol. The zero-order valence-electron chi connectivity index (χ0n) is 18.8. The van der Waals surface area contributed by atoms with Crippen LogP contribution in [0.2, 0.25) is 0 Å². The normalized spacial score (nSPS) is 11.5. The van der Waals surface area contributed by atoms with Gasteiger partial charge in [0.05, 0.1) is 4.90 Å². The molecule has 0 unspecified atom stereocenters. The molecule has 0 bridgehead atoms. The van der Waals surface area contributed by atoms with Gasteiger partial charge in [-0.3, -0.25) is 4.79 Å². The number of benzene rings is 2. The topological polar surface area (TPSA) is 128 Å². The van der Waals surface area contributed by atoms with E-state index in [0.717, 1.165) is 6.42 Å². The molecular formula is C23H23FN6O4S. The Morgan fingerprint density at radius 1 is 1.09 bits per heavy atom. The highest BCUT2D eigenvalue weighted by molar-refractivity contribution is 7.89. The number of carbonyl (C=O) groups excluding carboxylic acids is 1. The van der Waals surface area contributed by atoms with Gasteiger partial charge in [-0.2, -0.15) is 4.52 Å². The molecule has 0 aliphatic rings. The predicted molar refractivity (Wildman–Crippen MR) is 127 cm³/mol. The van der Waals surface area contributed by atoms with Crippen LogP contribution in [-0.2, 0) is 14.8 Å². The summed E-state index contributed by atoms with van der Waals surface area (Å²) >= 11 is 0. The fraction of sp³-hybridized carbons (Fsp3) is 0.217. The van der Waals surface area contributed by atoms with Crippen molar-refractivity contribution < 1.29 is 22.3 Å². The van der Waals surface area contributed by atoms with Crippen LogP contribution in [0, 0.1) is 5.82 Å². The average Bonchev–Trinajstić information content (AvgIpc) is 3.26. The first-order valence-corrected chi connectivity index (χ1v) is 12.3. The first-order chi connectivity index (χ1) is 16.9. The van der Waals surface area contributed by atoms with Crippen LogP contribution in [0.1, 0.15) is 19.8 Å². The quantitative estimate of drug-likeness (QED) is 0.322. The lowest BCUT2D eigenvalue weighted by Crippen LogP contribution is -2.28. The lowest BCUT2D eigenvalue weighted by Gasteiger charge is -2.09. The van der Waals surface area contributed by atoms with Gasteiger partial charge in [-0.05, 0) is 48.9 Å². The van der Waals surface area contributed by atoms with E-state index in [9.17, 15) is 17.6 Å². The van der Waals surface area contributed by atoms with E-state index in [4.69, 9.17) is 4.74 Å². The summed E-state index contributed by atoms with van der Waals surface area (Å²) in [6.45, 7) is 1.91. The van der Waals surface area contributed by atoms with Crippen LogP contribution in [0.15, 0.2) is 65.6 Å². The lowest BCUT2D eigenvalue weighted by molar-refractivity contribution is -0.116. The van der Waals surface area contributed by atoms with Gasteiger partial charge in [0, 0.05) is 30.3 Å². The summed E-state index contributed by atoms with van der Waals surface area (Å²) < 4.78 is 48.1. The molecule has 2 heterocycles. The third-order valence-corrected chi connectivity index (χ3v) is 6.37. The number of anilines is 1. The van der Waals surface area contributed by atoms with Crippen molar-refractivity contribution in [2.24, 2.45) is 0 Å². The summed E-state index contributed by atoms with van der Waals surface area (Å²) in [5.41, 5.74) is 1.48. The zero-order valence-corrected chi connectivity index (χ0v) is 19.6. The lowest BCUT2D eigenvalue weighted by atomic mass is 10.2. The van der Waals surface area contributed by atoms with E-state index in [1.165, 1.54) is 40.9 Å². The van der Waals surface area contributed by atoms with Crippen molar-refractivity contribution >= 4 is 27.3 Å². The summed E-state index contributed by atoms with van der Waals surface area (Å²) in [6, 6.07) is 15.0. The molecule has 2 aromatic heterocycles. The Morgan fingerprint density at radius 3 is 2.63 bits per heavy atom. The number of hydrogen-bond acceptors (Lipinski definition) is 7. The van der Waals surface area contributed by atoms with E-state index < -0.39 is 15.8 Å². The third-order valence-electron chi connectivity index (χ3n) is 4.89. The second-order valence-electron chi connectivity index (χ2n) is 7.54. The molecule has 2 N–H and O–H groups in total. The van der Waals surface area contributed by atoms with E-state index in [-0.39, 0.29) is 29.8 Å². The maximum Gasteiger partial charge on any atom is 0.240 e. The van der Waals surface area contributed by atoms with E-state index in [1.54, 1.807) is 24.3 Å². The highest BCUT2D eigenvalue weighted by Gasteiger charge is 2.15. The maximum atomic E-state index is 13.6. The zero-order chi connectivity index (χ0) is 24.8. The Morgan fingerprint density at radius 2 is 1.89 bits per heavy atom. The number of rotatable bonds is 10. The van der Waals surface area contributed by atoms with Crippen LogP contribution in [0.4, 0.5) is 10.1 Å². The van der Waals surface area contributed by atoms with E-state index >= 15 is 0 Å². The molecule has 182 valence electrons. The standard InChI is InChI=1S/C23H23FN6O4S/c1-2-4-21(31)26-18-7-9-19(10-8-18)35(32,33)25-13-14-34-22-12-11-20-27-28-23(30(20)29-22)16-5-3-6-17(24)15-16/h3,5-12,15,25H,2,4,13-14H2,1H3,(H,26,31). The third kappa shape index (κ3) is 5.97. The second-order valence-corrected chi connectivity index (χ2v) is 9.31. The van der Waals surface area contributed by atoms with Crippen molar-refractivity contribution in [3.63, 3.8) is 0 Å². The highest BCUT2D eigenvalue weighted by Crippen LogP contribution is 2.20. The van der Waals surface area contributed by atoms with Gasteiger partial charge in [0.15, 0.2) is 11.5 Å². The van der Waals surface area contributed by atoms with Gasteiger partial charge >= 0.3 is 0 Å². The summed E-state index contributed by atoms with van der Waals surface area (Å²) in [5, 5.41) is 15.1. The molecule has 0 radical (unpaired) electrons. The Labute approximate surface area is 201 Å². The number of hydrogen-bond donors (Lipinski definition) is 2. The van der Waals surface area contributed by atoms with Crippen LogP contribution < -0.4 is 14.8 Å². The van der Waals surface area contributed by atoms with Crippen LogP contribution in [-0.4, -0.2) is 47.3 Å². The molecule has 0 saturated carbocycles. The smallest absolute Gasteiger partial charge is 0.240 e. The molecular weight excluding hydrogens is 475 g/mol. The van der Waals surface area contributed by atoms with Gasteiger partial charge in [-0.15, -0.1) is 15.3 Å². The fourth-order valence-electron chi connectivity index (χ4n) is 3.24. The Hall–Kier alpha value is -3.90. The van der Waals surface area contributed by atoms with Crippen molar-refractivity contribution in [2.45, 2.75) is 24.7 Å². The highest BCUT2D eigenvalue weighted by atomic mass is 32.2. The Balaban J connectivity index is 1.35. The van der Waals surface area contributed by atoms with Crippen molar-refractivity contribution in [3.05, 3.63) is 66.5 Å². The van der Waals surface area contributed by atoms with E-state index in [0.29, 0.717) is 29.1 Å². The van der Waals surface area contributed by atoms with E-state index in [2.05, 4.69) is 25.3 Å². The van der Waals surface area contributed by atoms with Gasteiger partial charge in [-0.1, -0.05) is 19.1 Å². The largest absolute Gasteiger partial charge is 0.475 e. The number of halogens is 1.